The first-order valence-corrected chi connectivity index (χ1v) is 16.8. The molecule has 3 saturated carbocycles. The Hall–Kier alpha value is -3.45. The lowest BCUT2D eigenvalue weighted by Crippen LogP contribution is -2.58. The maximum absolute atomic E-state index is 14.4. The SMILES string of the molecule is C=C[C@@H]1C[C@]1(NC(=O)[C@@H]1C[C@H](OC(=O)c2ccc(Br)cc2)CN1C(=O)C(NC(=O)OC1C[C@@H]2C[C@@H]2C1)C1CCOCC1)C(=O)OC. The lowest BCUT2D eigenvalue weighted by Gasteiger charge is -2.34. The molecule has 248 valence electrons. The fourth-order valence-corrected chi connectivity index (χ4v) is 7.61. The molecular formula is C33H40BrN3O9. The summed E-state index contributed by atoms with van der Waals surface area (Å²) in [6.45, 7) is 4.55. The van der Waals surface area contributed by atoms with Gasteiger partial charge in [0.15, 0.2) is 0 Å². The highest BCUT2D eigenvalue weighted by atomic mass is 79.9. The van der Waals surface area contributed by atoms with Crippen molar-refractivity contribution in [1.82, 2.24) is 15.5 Å². The van der Waals surface area contributed by atoms with Crippen LogP contribution in [0.4, 0.5) is 4.79 Å². The minimum absolute atomic E-state index is 0.00560. The molecule has 8 atom stereocenters. The predicted octanol–water partition coefficient (Wildman–Crippen LogP) is 3.13. The van der Waals surface area contributed by atoms with Gasteiger partial charge in [-0.2, -0.15) is 0 Å². The quantitative estimate of drug-likeness (QED) is 0.213. The number of ether oxygens (including phenoxy) is 4. The van der Waals surface area contributed by atoms with Crippen LogP contribution in [0, 0.1) is 23.7 Å². The van der Waals surface area contributed by atoms with Crippen LogP contribution in [-0.4, -0.2) is 91.4 Å². The number of likely N-dealkylation sites (tertiary alicyclic amines) is 1. The van der Waals surface area contributed by atoms with E-state index in [0.717, 1.165) is 17.3 Å². The van der Waals surface area contributed by atoms with Crippen LogP contribution in [0.3, 0.4) is 0 Å². The van der Waals surface area contributed by atoms with Crippen molar-refractivity contribution in [3.63, 3.8) is 0 Å². The Kier molecular flexibility index (Phi) is 9.43. The second kappa shape index (κ2) is 13.3. The van der Waals surface area contributed by atoms with Gasteiger partial charge in [-0.05, 0) is 80.5 Å². The fraction of sp³-hybridized carbons (Fsp3) is 0.606. The van der Waals surface area contributed by atoms with Gasteiger partial charge in [0.05, 0.1) is 19.2 Å². The molecule has 5 aliphatic rings. The molecule has 5 fully saturated rings. The number of rotatable bonds is 10. The molecule has 13 heteroatoms. The third kappa shape index (κ3) is 6.80. The van der Waals surface area contributed by atoms with E-state index in [0.29, 0.717) is 49.9 Å². The average molecular weight is 703 g/mol. The second-order valence-electron chi connectivity index (χ2n) is 13.1. The van der Waals surface area contributed by atoms with Gasteiger partial charge in [-0.1, -0.05) is 22.0 Å². The van der Waals surface area contributed by atoms with Crippen molar-refractivity contribution in [2.75, 3.05) is 26.9 Å². The van der Waals surface area contributed by atoms with Crippen molar-refractivity contribution < 1.29 is 42.9 Å². The van der Waals surface area contributed by atoms with Crippen LogP contribution >= 0.6 is 15.9 Å². The van der Waals surface area contributed by atoms with Crippen LogP contribution in [0.15, 0.2) is 41.4 Å². The summed E-state index contributed by atoms with van der Waals surface area (Å²) in [7, 11) is 1.25. The summed E-state index contributed by atoms with van der Waals surface area (Å²) in [6, 6.07) is 4.59. The smallest absolute Gasteiger partial charge is 0.408 e. The molecule has 1 aromatic rings. The number of carbonyl (C=O) groups excluding carboxylic acids is 5. The molecular weight excluding hydrogens is 662 g/mol. The van der Waals surface area contributed by atoms with Gasteiger partial charge < -0.3 is 34.5 Å². The zero-order valence-corrected chi connectivity index (χ0v) is 27.4. The van der Waals surface area contributed by atoms with E-state index in [9.17, 15) is 24.0 Å². The number of esters is 2. The highest BCUT2D eigenvalue weighted by Gasteiger charge is 2.62. The molecule has 2 aliphatic heterocycles. The van der Waals surface area contributed by atoms with E-state index in [1.807, 2.05) is 0 Å². The fourth-order valence-electron chi connectivity index (χ4n) is 7.34. The van der Waals surface area contributed by atoms with E-state index in [2.05, 4.69) is 33.1 Å². The monoisotopic (exact) mass is 701 g/mol. The zero-order valence-electron chi connectivity index (χ0n) is 25.8. The number of fused-ring (bicyclic) bond motifs is 1. The highest BCUT2D eigenvalue weighted by Crippen LogP contribution is 2.52. The Bertz CT molecular complexity index is 1370. The summed E-state index contributed by atoms with van der Waals surface area (Å²) >= 11 is 3.35. The van der Waals surface area contributed by atoms with Crippen molar-refractivity contribution in [2.24, 2.45) is 23.7 Å². The third-order valence-electron chi connectivity index (χ3n) is 10.1. The van der Waals surface area contributed by atoms with E-state index in [-0.39, 0.29) is 30.9 Å². The van der Waals surface area contributed by atoms with Crippen LogP contribution < -0.4 is 10.6 Å². The first-order chi connectivity index (χ1) is 22.1. The van der Waals surface area contributed by atoms with E-state index < -0.39 is 53.6 Å². The molecule has 46 heavy (non-hydrogen) atoms. The topological polar surface area (TPSA) is 150 Å². The molecule has 12 nitrogen and oxygen atoms in total. The van der Waals surface area contributed by atoms with Crippen molar-refractivity contribution >= 4 is 45.8 Å². The number of alkyl carbamates (subject to hydrolysis) is 1. The minimum Gasteiger partial charge on any atom is -0.467 e. The van der Waals surface area contributed by atoms with Crippen LogP contribution in [0.25, 0.3) is 0 Å². The standard InChI is InChI=1S/C33H40BrN3O9/c1-3-22-16-33(22,31(41)43-2)36-28(38)26-15-25(45-30(40)19-4-6-23(34)7-5-19)17-37(26)29(39)27(18-8-10-44-11-9-18)35-32(42)46-24-13-20-12-21(20)14-24/h3-7,18,20-22,24-27H,1,8-17H2,2H3,(H,35,42)(H,36,38)/t20-,21+,22-,24?,25+,26+,27?,33-/m1/s1. The van der Waals surface area contributed by atoms with E-state index in [1.54, 1.807) is 30.3 Å². The van der Waals surface area contributed by atoms with Crippen LogP contribution in [-0.2, 0) is 33.3 Å². The second-order valence-corrected chi connectivity index (χ2v) is 14.0. The lowest BCUT2D eigenvalue weighted by molar-refractivity contribution is -0.148. The molecule has 2 saturated heterocycles. The zero-order chi connectivity index (χ0) is 32.6. The van der Waals surface area contributed by atoms with E-state index >= 15 is 0 Å². The van der Waals surface area contributed by atoms with Crippen molar-refractivity contribution in [3.05, 3.63) is 47.0 Å². The van der Waals surface area contributed by atoms with Gasteiger partial charge in [-0.25, -0.2) is 14.4 Å². The van der Waals surface area contributed by atoms with Gasteiger partial charge in [0.25, 0.3) is 0 Å². The van der Waals surface area contributed by atoms with Gasteiger partial charge in [0, 0.05) is 30.0 Å². The molecule has 0 spiro atoms. The van der Waals surface area contributed by atoms with Crippen LogP contribution in [0.5, 0.6) is 0 Å². The summed E-state index contributed by atoms with van der Waals surface area (Å²) in [5.74, 6) is -1.61. The first kappa shape index (κ1) is 32.5. The average Bonchev–Trinajstić information content (AvgIpc) is 3.87. The molecule has 0 bridgehead atoms. The number of amides is 3. The van der Waals surface area contributed by atoms with Gasteiger partial charge in [0.2, 0.25) is 11.8 Å². The Balaban J connectivity index is 1.22. The summed E-state index contributed by atoms with van der Waals surface area (Å²) in [5.41, 5.74) is -0.960. The van der Waals surface area contributed by atoms with Crippen molar-refractivity contribution in [1.29, 1.82) is 0 Å². The Morgan fingerprint density at radius 1 is 1.02 bits per heavy atom. The molecule has 6 rings (SSSR count). The molecule has 2 N–H and O–H groups in total. The summed E-state index contributed by atoms with van der Waals surface area (Å²) in [5, 5.41) is 5.65. The third-order valence-corrected chi connectivity index (χ3v) is 10.7. The van der Waals surface area contributed by atoms with Crippen molar-refractivity contribution in [3.8, 4) is 0 Å². The summed E-state index contributed by atoms with van der Waals surface area (Å²) < 4.78 is 22.8. The van der Waals surface area contributed by atoms with Crippen LogP contribution in [0.1, 0.15) is 55.3 Å². The minimum atomic E-state index is -1.28. The Labute approximate surface area is 276 Å². The van der Waals surface area contributed by atoms with Crippen molar-refractivity contribution in [2.45, 2.75) is 74.8 Å². The lowest BCUT2D eigenvalue weighted by atomic mass is 9.90. The summed E-state index contributed by atoms with van der Waals surface area (Å²) in [4.78, 5) is 68.5. The van der Waals surface area contributed by atoms with Crippen LogP contribution in [0.2, 0.25) is 0 Å². The van der Waals surface area contributed by atoms with Gasteiger partial charge in [-0.3, -0.25) is 9.59 Å². The number of hydrogen-bond acceptors (Lipinski definition) is 9. The number of benzene rings is 1. The van der Waals surface area contributed by atoms with E-state index in [1.165, 1.54) is 18.4 Å². The van der Waals surface area contributed by atoms with E-state index in [4.69, 9.17) is 18.9 Å². The predicted molar refractivity (Wildman–Crippen MR) is 166 cm³/mol. The maximum Gasteiger partial charge on any atom is 0.408 e. The largest absolute Gasteiger partial charge is 0.467 e. The molecule has 3 amide bonds. The summed E-state index contributed by atoms with van der Waals surface area (Å²) in [6.07, 6.45) is 4.18. The Morgan fingerprint density at radius 3 is 2.35 bits per heavy atom. The molecule has 2 unspecified atom stereocenters. The number of hydrogen-bond donors (Lipinski definition) is 2. The number of nitrogens with zero attached hydrogens (tertiary/aromatic N) is 1. The molecule has 0 aromatic heterocycles. The van der Waals surface area contributed by atoms with Gasteiger partial charge >= 0.3 is 18.0 Å². The van der Waals surface area contributed by atoms with Gasteiger partial charge in [0.1, 0.15) is 29.8 Å². The Morgan fingerprint density at radius 2 is 1.72 bits per heavy atom. The first-order valence-electron chi connectivity index (χ1n) is 16.0. The van der Waals surface area contributed by atoms with Gasteiger partial charge in [-0.15, -0.1) is 6.58 Å². The molecule has 0 radical (unpaired) electrons. The molecule has 1 aromatic carbocycles. The number of methoxy groups -OCH3 is 1. The molecule has 3 aliphatic carbocycles. The number of carbonyl (C=O) groups is 5. The number of nitrogens with one attached hydrogen (secondary N) is 2. The normalized spacial score (nSPS) is 32.0. The number of halogens is 1. The highest BCUT2D eigenvalue weighted by molar-refractivity contribution is 9.10. The molecule has 2 heterocycles. The maximum atomic E-state index is 14.4.